The fourth-order valence-electron chi connectivity index (χ4n) is 6.09. The zero-order valence-corrected chi connectivity index (χ0v) is 24.5. The van der Waals surface area contributed by atoms with Crippen molar-refractivity contribution in [3.8, 4) is 16.9 Å². The molecule has 1 aliphatic carbocycles. The van der Waals surface area contributed by atoms with Crippen molar-refractivity contribution in [1.82, 2.24) is 0 Å². The zero-order chi connectivity index (χ0) is 27.9. The van der Waals surface area contributed by atoms with Crippen molar-refractivity contribution >= 4 is 0 Å². The molecule has 0 heterocycles. The lowest BCUT2D eigenvalue weighted by Gasteiger charge is -2.29. The largest absolute Gasteiger partial charge is 0.490 e. The number of hydrogen-bond acceptors (Lipinski definition) is 1. The first-order valence-electron chi connectivity index (χ1n) is 16.0. The van der Waals surface area contributed by atoms with E-state index in [1.54, 1.807) is 6.07 Å². The van der Waals surface area contributed by atoms with Crippen LogP contribution in [0.2, 0.25) is 0 Å². The quantitative estimate of drug-likeness (QED) is 0.170. The summed E-state index contributed by atoms with van der Waals surface area (Å²) in [6.07, 6.45) is 21.8. The number of rotatable bonds is 18. The fraction of sp³-hybridized carbons (Fsp3) is 0.657. The Morgan fingerprint density at radius 3 is 1.87 bits per heavy atom. The first-order chi connectivity index (χ1) is 19.0. The molecule has 3 rings (SSSR count). The molecule has 0 amide bonds. The molecular weight excluding hydrogens is 493 g/mol. The van der Waals surface area contributed by atoms with Gasteiger partial charge in [0.25, 0.3) is 0 Å². The maximum Gasteiger partial charge on any atom is 0.201 e. The lowest BCUT2D eigenvalue weighted by Crippen LogP contribution is -2.13. The van der Waals surface area contributed by atoms with Crippen LogP contribution in [-0.4, -0.2) is 6.61 Å². The number of benzene rings is 2. The van der Waals surface area contributed by atoms with Crippen molar-refractivity contribution in [2.75, 3.05) is 6.61 Å². The van der Waals surface area contributed by atoms with Crippen LogP contribution >= 0.6 is 0 Å². The van der Waals surface area contributed by atoms with Gasteiger partial charge in [0.05, 0.1) is 6.61 Å². The van der Waals surface area contributed by atoms with E-state index >= 15 is 4.39 Å². The Labute approximate surface area is 235 Å². The Morgan fingerprint density at radius 1 is 0.641 bits per heavy atom. The van der Waals surface area contributed by atoms with Crippen LogP contribution in [0.1, 0.15) is 141 Å². The highest BCUT2D eigenvalue weighted by molar-refractivity contribution is 5.66. The van der Waals surface area contributed by atoms with Crippen LogP contribution in [0.3, 0.4) is 0 Å². The second kappa shape index (κ2) is 17.7. The van der Waals surface area contributed by atoms with E-state index in [1.165, 1.54) is 102 Å². The summed E-state index contributed by atoms with van der Waals surface area (Å²) in [5.41, 5.74) is 1.03. The summed E-state index contributed by atoms with van der Waals surface area (Å²) < 4.78 is 50.3. The third-order valence-electron chi connectivity index (χ3n) is 8.62. The van der Waals surface area contributed by atoms with Crippen molar-refractivity contribution < 1.29 is 17.9 Å². The first kappa shape index (κ1) is 31.6. The topological polar surface area (TPSA) is 9.23 Å². The number of hydrogen-bond donors (Lipinski definition) is 0. The number of unbranched alkanes of at least 4 members (excludes halogenated alkanes) is 11. The molecule has 1 fully saturated rings. The Bertz CT molecular complexity index is 965. The highest BCUT2D eigenvalue weighted by Crippen LogP contribution is 2.39. The molecule has 0 radical (unpaired) electrons. The predicted octanol–water partition coefficient (Wildman–Crippen LogP) is 11.9. The molecule has 0 N–H and O–H groups in total. The maximum atomic E-state index is 15.2. The van der Waals surface area contributed by atoms with Gasteiger partial charge in [-0.1, -0.05) is 109 Å². The molecule has 1 aliphatic rings. The van der Waals surface area contributed by atoms with Gasteiger partial charge in [-0.25, -0.2) is 8.78 Å². The maximum absolute atomic E-state index is 15.2. The molecule has 4 heteroatoms. The molecule has 0 atom stereocenters. The second-order valence-electron chi connectivity index (χ2n) is 11.7. The lowest BCUT2D eigenvalue weighted by molar-refractivity contribution is 0.285. The van der Waals surface area contributed by atoms with Gasteiger partial charge in [0.1, 0.15) is 5.82 Å². The summed E-state index contributed by atoms with van der Waals surface area (Å²) in [6.45, 7) is 4.80. The van der Waals surface area contributed by atoms with Gasteiger partial charge in [0.2, 0.25) is 5.82 Å². The predicted molar refractivity (Wildman–Crippen MR) is 158 cm³/mol. The molecule has 39 heavy (non-hydrogen) atoms. The lowest BCUT2D eigenvalue weighted by atomic mass is 9.77. The average molecular weight is 545 g/mol. The Kier molecular flexibility index (Phi) is 14.3. The molecule has 2 aromatic rings. The summed E-state index contributed by atoms with van der Waals surface area (Å²) in [6, 6.07) is 7.91. The monoisotopic (exact) mass is 544 g/mol. The van der Waals surface area contributed by atoms with Crippen molar-refractivity contribution in [3.63, 3.8) is 0 Å². The van der Waals surface area contributed by atoms with Gasteiger partial charge in [-0.3, -0.25) is 0 Å². The molecule has 0 spiro atoms. The van der Waals surface area contributed by atoms with Gasteiger partial charge >= 0.3 is 0 Å². The van der Waals surface area contributed by atoms with E-state index in [4.69, 9.17) is 4.74 Å². The molecule has 218 valence electrons. The standard InChI is InChI=1S/C35H51F3O/c1-3-5-7-9-11-13-15-25-39-33-24-23-31(34(37)35(33)38)30-22-21-29(26-32(30)36)28-19-17-27(18-20-28)16-14-12-10-8-6-4-2/h21-24,26-28H,3-20,25H2,1-2H3. The molecular formula is C35H51F3O. The van der Waals surface area contributed by atoms with Crippen molar-refractivity contribution in [2.24, 2.45) is 5.92 Å². The summed E-state index contributed by atoms with van der Waals surface area (Å²) in [7, 11) is 0. The minimum atomic E-state index is -1.05. The zero-order valence-electron chi connectivity index (χ0n) is 24.5. The van der Waals surface area contributed by atoms with E-state index in [0.29, 0.717) is 12.5 Å². The third kappa shape index (κ3) is 10.2. The van der Waals surface area contributed by atoms with Gasteiger partial charge in [-0.15, -0.1) is 0 Å². The van der Waals surface area contributed by atoms with Gasteiger partial charge < -0.3 is 4.74 Å². The number of halogens is 3. The first-order valence-corrected chi connectivity index (χ1v) is 16.0. The van der Waals surface area contributed by atoms with Crippen LogP contribution in [0.4, 0.5) is 13.2 Å². The van der Waals surface area contributed by atoms with Crippen molar-refractivity contribution in [1.29, 1.82) is 0 Å². The average Bonchev–Trinajstić information content (AvgIpc) is 2.95. The van der Waals surface area contributed by atoms with E-state index in [2.05, 4.69) is 13.8 Å². The molecule has 1 nitrogen and oxygen atoms in total. The van der Waals surface area contributed by atoms with E-state index in [1.807, 2.05) is 6.07 Å². The van der Waals surface area contributed by atoms with Gasteiger partial charge in [0.15, 0.2) is 11.6 Å². The summed E-state index contributed by atoms with van der Waals surface area (Å²) in [4.78, 5) is 0. The molecule has 0 saturated heterocycles. The molecule has 0 unspecified atom stereocenters. The minimum absolute atomic E-state index is 0.0533. The highest BCUT2D eigenvalue weighted by atomic mass is 19.2. The van der Waals surface area contributed by atoms with Gasteiger partial charge in [-0.05, 0) is 67.7 Å². The Hall–Kier alpha value is -1.97. The molecule has 0 aliphatic heterocycles. The van der Waals surface area contributed by atoms with Crippen LogP contribution in [0.25, 0.3) is 11.1 Å². The van der Waals surface area contributed by atoms with E-state index in [9.17, 15) is 8.78 Å². The third-order valence-corrected chi connectivity index (χ3v) is 8.62. The minimum Gasteiger partial charge on any atom is -0.490 e. The van der Waals surface area contributed by atoms with Crippen molar-refractivity contribution in [3.05, 3.63) is 53.3 Å². The van der Waals surface area contributed by atoms with E-state index in [0.717, 1.165) is 43.6 Å². The Morgan fingerprint density at radius 2 is 1.23 bits per heavy atom. The smallest absolute Gasteiger partial charge is 0.201 e. The van der Waals surface area contributed by atoms with Crippen LogP contribution in [0.5, 0.6) is 5.75 Å². The van der Waals surface area contributed by atoms with Crippen LogP contribution in [-0.2, 0) is 0 Å². The van der Waals surface area contributed by atoms with Crippen molar-refractivity contribution in [2.45, 2.75) is 135 Å². The summed E-state index contributed by atoms with van der Waals surface area (Å²) in [5, 5.41) is 0. The second-order valence-corrected chi connectivity index (χ2v) is 11.7. The van der Waals surface area contributed by atoms with E-state index in [-0.39, 0.29) is 16.9 Å². The molecule has 0 bridgehead atoms. The normalized spacial score (nSPS) is 17.5. The SMILES string of the molecule is CCCCCCCCCOc1ccc(-c2ccc(C3CCC(CCCCCCCC)CC3)cc2F)c(F)c1F. The van der Waals surface area contributed by atoms with Crippen LogP contribution in [0, 0.1) is 23.4 Å². The van der Waals surface area contributed by atoms with E-state index < -0.39 is 17.5 Å². The van der Waals surface area contributed by atoms with Gasteiger partial charge in [-0.2, -0.15) is 4.39 Å². The number of ether oxygens (including phenoxy) is 1. The summed E-state index contributed by atoms with van der Waals surface area (Å²) in [5.74, 6) is -1.54. The Balaban J connectivity index is 1.48. The van der Waals surface area contributed by atoms with Crippen LogP contribution < -0.4 is 4.74 Å². The molecule has 1 saturated carbocycles. The van der Waals surface area contributed by atoms with Gasteiger partial charge in [0, 0.05) is 11.1 Å². The summed E-state index contributed by atoms with van der Waals surface area (Å²) >= 11 is 0. The fourth-order valence-corrected chi connectivity index (χ4v) is 6.09. The molecule has 2 aromatic carbocycles. The molecule has 0 aromatic heterocycles. The highest BCUT2D eigenvalue weighted by Gasteiger charge is 2.24. The van der Waals surface area contributed by atoms with Crippen LogP contribution in [0.15, 0.2) is 30.3 Å².